The van der Waals surface area contributed by atoms with Gasteiger partial charge in [0.25, 0.3) is 0 Å². The van der Waals surface area contributed by atoms with Crippen molar-refractivity contribution in [3.05, 3.63) is 62.7 Å². The lowest BCUT2D eigenvalue weighted by molar-refractivity contribution is -0.111. The van der Waals surface area contributed by atoms with E-state index in [2.05, 4.69) is 21.7 Å². The van der Waals surface area contributed by atoms with Crippen LogP contribution in [0.3, 0.4) is 0 Å². The fraction of sp³-hybridized carbons (Fsp3) is 0.304. The number of fused-ring (bicyclic) bond motifs is 1. The summed E-state index contributed by atoms with van der Waals surface area (Å²) in [5.41, 5.74) is 2.50. The van der Waals surface area contributed by atoms with Gasteiger partial charge < -0.3 is 19.9 Å². The number of nitriles is 1. The van der Waals surface area contributed by atoms with Gasteiger partial charge in [-0.2, -0.15) is 16.6 Å². The highest BCUT2D eigenvalue weighted by atomic mass is 32.1. The standard InChI is InChI=1S/C23H23N5O3S2/c1-28-8-7-25-20(28)12-26-23(30)31-13-16-2-4-17-18(11-24)22(33-19(17)10-16)27-21(29)5-3-15-6-9-32-14-15/h3,5-9,14,16H,2,4,10,12-13H2,1H3,(H,26,30)(H,27,29)/b5-3+. The number of anilines is 1. The highest BCUT2D eigenvalue weighted by Gasteiger charge is 2.27. The molecule has 170 valence electrons. The van der Waals surface area contributed by atoms with Crippen molar-refractivity contribution in [2.45, 2.75) is 25.8 Å². The molecule has 0 aliphatic heterocycles. The number of nitrogens with one attached hydrogen (secondary N) is 2. The zero-order valence-electron chi connectivity index (χ0n) is 18.0. The molecule has 4 rings (SSSR count). The summed E-state index contributed by atoms with van der Waals surface area (Å²) in [7, 11) is 1.86. The van der Waals surface area contributed by atoms with E-state index >= 15 is 0 Å². The fourth-order valence-corrected chi connectivity index (χ4v) is 5.60. The van der Waals surface area contributed by atoms with E-state index in [0.29, 0.717) is 30.1 Å². The molecule has 0 radical (unpaired) electrons. The van der Waals surface area contributed by atoms with Gasteiger partial charge in [-0.05, 0) is 59.2 Å². The SMILES string of the molecule is Cn1ccnc1CNC(=O)OCC1CCc2c(sc(NC(=O)/C=C/c3ccsc3)c2C#N)C1. The maximum Gasteiger partial charge on any atom is 0.407 e. The van der Waals surface area contributed by atoms with Gasteiger partial charge in [-0.25, -0.2) is 9.78 Å². The topological polar surface area (TPSA) is 109 Å². The number of carbonyl (C=O) groups excluding carboxylic acids is 2. The normalized spacial score (nSPS) is 15.1. The Morgan fingerprint density at radius 1 is 1.45 bits per heavy atom. The summed E-state index contributed by atoms with van der Waals surface area (Å²) in [6, 6.07) is 4.18. The number of nitrogens with zero attached hydrogens (tertiary/aromatic N) is 3. The molecule has 1 aliphatic rings. The van der Waals surface area contributed by atoms with Gasteiger partial charge in [0.2, 0.25) is 5.91 Å². The molecule has 0 saturated heterocycles. The lowest BCUT2D eigenvalue weighted by Gasteiger charge is -2.21. The third-order valence-electron chi connectivity index (χ3n) is 5.45. The molecule has 8 nitrogen and oxygen atoms in total. The van der Waals surface area contributed by atoms with Crippen LogP contribution in [0.25, 0.3) is 6.08 Å². The minimum atomic E-state index is -0.474. The lowest BCUT2D eigenvalue weighted by Crippen LogP contribution is -2.28. The highest BCUT2D eigenvalue weighted by Crippen LogP contribution is 2.39. The minimum absolute atomic E-state index is 0.170. The summed E-state index contributed by atoms with van der Waals surface area (Å²) in [5, 5.41) is 19.7. The quantitative estimate of drug-likeness (QED) is 0.494. The molecule has 0 bridgehead atoms. The van der Waals surface area contributed by atoms with E-state index in [0.717, 1.165) is 34.7 Å². The van der Waals surface area contributed by atoms with Gasteiger partial charge in [0.15, 0.2) is 0 Å². The van der Waals surface area contributed by atoms with E-state index in [1.165, 1.54) is 17.4 Å². The Balaban J connectivity index is 1.31. The number of ether oxygens (including phenoxy) is 1. The van der Waals surface area contributed by atoms with E-state index in [-0.39, 0.29) is 11.8 Å². The van der Waals surface area contributed by atoms with Crippen LogP contribution in [-0.4, -0.2) is 28.2 Å². The highest BCUT2D eigenvalue weighted by molar-refractivity contribution is 7.16. The Morgan fingerprint density at radius 2 is 2.33 bits per heavy atom. The Bertz CT molecular complexity index is 1200. The minimum Gasteiger partial charge on any atom is -0.449 e. The average Bonchev–Trinajstić information content (AvgIpc) is 3.54. The van der Waals surface area contributed by atoms with Crippen molar-refractivity contribution in [3.8, 4) is 6.07 Å². The predicted octanol–water partition coefficient (Wildman–Crippen LogP) is 4.10. The third kappa shape index (κ3) is 5.69. The first-order valence-corrected chi connectivity index (χ1v) is 12.2. The molecule has 10 heteroatoms. The summed E-state index contributed by atoms with van der Waals surface area (Å²) in [6.07, 6.45) is 8.49. The van der Waals surface area contributed by atoms with Crippen molar-refractivity contribution < 1.29 is 14.3 Å². The van der Waals surface area contributed by atoms with Gasteiger partial charge in [0.1, 0.15) is 16.9 Å². The van der Waals surface area contributed by atoms with Crippen LogP contribution >= 0.6 is 22.7 Å². The second kappa shape index (κ2) is 10.5. The fourth-order valence-electron chi connectivity index (χ4n) is 3.66. The van der Waals surface area contributed by atoms with Gasteiger partial charge in [-0.3, -0.25) is 4.79 Å². The van der Waals surface area contributed by atoms with Crippen LogP contribution in [0.4, 0.5) is 9.80 Å². The number of hydrogen-bond donors (Lipinski definition) is 2. The molecule has 3 aromatic rings. The number of amides is 2. The molecule has 1 atom stereocenters. The molecule has 3 heterocycles. The molecule has 0 aromatic carbocycles. The van der Waals surface area contributed by atoms with Crippen LogP contribution in [0.5, 0.6) is 0 Å². The predicted molar refractivity (Wildman–Crippen MR) is 128 cm³/mol. The number of aryl methyl sites for hydroxylation is 1. The molecular weight excluding hydrogens is 458 g/mol. The Kier molecular flexibility index (Phi) is 7.22. The average molecular weight is 482 g/mol. The third-order valence-corrected chi connectivity index (χ3v) is 7.32. The van der Waals surface area contributed by atoms with Crippen molar-refractivity contribution in [2.24, 2.45) is 13.0 Å². The lowest BCUT2D eigenvalue weighted by atomic mass is 9.88. The maximum absolute atomic E-state index is 12.3. The summed E-state index contributed by atoms with van der Waals surface area (Å²) >= 11 is 3.00. The Morgan fingerprint density at radius 3 is 3.06 bits per heavy atom. The van der Waals surface area contributed by atoms with Crippen molar-refractivity contribution in [2.75, 3.05) is 11.9 Å². The maximum atomic E-state index is 12.3. The van der Waals surface area contributed by atoms with Gasteiger partial charge >= 0.3 is 6.09 Å². The monoisotopic (exact) mass is 481 g/mol. The van der Waals surface area contributed by atoms with E-state index in [9.17, 15) is 14.9 Å². The molecule has 33 heavy (non-hydrogen) atoms. The molecule has 1 aliphatic carbocycles. The number of rotatable bonds is 7. The molecule has 2 amide bonds. The number of thiophene rings is 2. The van der Waals surface area contributed by atoms with Gasteiger partial charge in [-0.15, -0.1) is 11.3 Å². The van der Waals surface area contributed by atoms with Crippen LogP contribution in [0, 0.1) is 17.2 Å². The molecule has 0 fully saturated rings. The van der Waals surface area contributed by atoms with Gasteiger partial charge in [0, 0.05) is 30.4 Å². The second-order valence-electron chi connectivity index (χ2n) is 7.71. The van der Waals surface area contributed by atoms with E-state index < -0.39 is 6.09 Å². The zero-order valence-corrected chi connectivity index (χ0v) is 19.7. The van der Waals surface area contributed by atoms with Crippen LogP contribution in [0.2, 0.25) is 0 Å². The molecule has 1 unspecified atom stereocenters. The van der Waals surface area contributed by atoms with Crippen molar-refractivity contribution in [1.82, 2.24) is 14.9 Å². The molecule has 3 aromatic heterocycles. The number of imidazole rings is 1. The smallest absolute Gasteiger partial charge is 0.407 e. The van der Waals surface area contributed by atoms with E-state index in [4.69, 9.17) is 4.74 Å². The first-order chi connectivity index (χ1) is 16.0. The Labute approximate surface area is 199 Å². The van der Waals surface area contributed by atoms with Crippen molar-refractivity contribution >= 4 is 45.8 Å². The summed E-state index contributed by atoms with van der Waals surface area (Å²) in [5.74, 6) is 0.654. The zero-order chi connectivity index (χ0) is 23.2. The van der Waals surface area contributed by atoms with Crippen LogP contribution in [0.1, 0.15) is 33.8 Å². The number of hydrogen-bond acceptors (Lipinski definition) is 7. The second-order valence-corrected chi connectivity index (χ2v) is 9.60. The van der Waals surface area contributed by atoms with Crippen molar-refractivity contribution in [3.63, 3.8) is 0 Å². The van der Waals surface area contributed by atoms with Crippen LogP contribution < -0.4 is 10.6 Å². The van der Waals surface area contributed by atoms with E-state index in [1.807, 2.05) is 34.6 Å². The number of aromatic nitrogens is 2. The number of carbonyl (C=O) groups is 2. The largest absolute Gasteiger partial charge is 0.449 e. The van der Waals surface area contributed by atoms with Crippen LogP contribution in [0.15, 0.2) is 35.3 Å². The Hall–Kier alpha value is -3.42. The molecule has 0 saturated carbocycles. The summed E-state index contributed by atoms with van der Waals surface area (Å²) in [4.78, 5) is 29.6. The number of alkyl carbamates (subject to hydrolysis) is 1. The van der Waals surface area contributed by atoms with Gasteiger partial charge in [0.05, 0.1) is 18.7 Å². The molecule has 2 N–H and O–H groups in total. The van der Waals surface area contributed by atoms with Crippen molar-refractivity contribution in [1.29, 1.82) is 5.26 Å². The first kappa shape index (κ1) is 22.8. The summed E-state index contributed by atoms with van der Waals surface area (Å²) in [6.45, 7) is 0.605. The summed E-state index contributed by atoms with van der Waals surface area (Å²) < 4.78 is 7.24. The molecular formula is C23H23N5O3S2. The van der Waals surface area contributed by atoms with Gasteiger partial charge in [-0.1, -0.05) is 0 Å². The molecule has 0 spiro atoms. The van der Waals surface area contributed by atoms with E-state index in [1.54, 1.807) is 23.6 Å². The first-order valence-electron chi connectivity index (χ1n) is 10.5. The van der Waals surface area contributed by atoms with Crippen LogP contribution in [-0.2, 0) is 36.0 Å².